The van der Waals surface area contributed by atoms with Gasteiger partial charge in [0.25, 0.3) is 0 Å². The van der Waals surface area contributed by atoms with E-state index in [4.69, 9.17) is 4.74 Å². The molecule has 0 saturated heterocycles. The number of ether oxygens (including phenoxy) is 1. The number of unbranched alkanes of at least 4 members (excludes halogenated alkanes) is 2. The highest BCUT2D eigenvalue weighted by Crippen LogP contribution is 2.03. The molecule has 0 amide bonds. The first-order valence-electron chi connectivity index (χ1n) is 7.01. The van der Waals surface area contributed by atoms with Gasteiger partial charge in [0.1, 0.15) is 0 Å². The van der Waals surface area contributed by atoms with Crippen molar-refractivity contribution in [3.05, 3.63) is 29.6 Å². The lowest BCUT2D eigenvalue weighted by atomic mass is 10.2. The van der Waals surface area contributed by atoms with Crippen molar-refractivity contribution in [2.45, 2.75) is 46.1 Å². The van der Waals surface area contributed by atoms with Crippen LogP contribution in [0.4, 0.5) is 0 Å². The zero-order valence-corrected chi connectivity index (χ0v) is 11.9. The molecule has 0 aliphatic heterocycles. The number of pyridine rings is 1. The normalized spacial score (nSPS) is 10.4. The highest BCUT2D eigenvalue weighted by molar-refractivity contribution is 5.69. The summed E-state index contributed by atoms with van der Waals surface area (Å²) in [6, 6.07) is 4.03. The van der Waals surface area contributed by atoms with E-state index in [1.165, 1.54) is 5.56 Å². The first kappa shape index (κ1) is 15.6. The molecular formula is C15H24N2O2. The predicted octanol–water partition coefficient (Wildman–Crippen LogP) is 2.60. The fraction of sp³-hybridized carbons (Fsp3) is 0.600. The Kier molecular flexibility index (Phi) is 7.82. The van der Waals surface area contributed by atoms with Crippen LogP contribution >= 0.6 is 0 Å². The molecule has 106 valence electrons. The number of hydrogen-bond donors (Lipinski definition) is 1. The molecule has 1 rings (SSSR count). The zero-order valence-electron chi connectivity index (χ0n) is 11.9. The van der Waals surface area contributed by atoms with Crippen molar-refractivity contribution in [2.75, 3.05) is 13.2 Å². The van der Waals surface area contributed by atoms with Gasteiger partial charge in [-0.3, -0.25) is 9.78 Å². The molecule has 19 heavy (non-hydrogen) atoms. The Morgan fingerprint density at radius 3 is 2.95 bits per heavy atom. The molecule has 1 aromatic rings. The molecule has 1 N–H and O–H groups in total. The molecule has 0 aliphatic carbocycles. The number of aryl methyl sites for hydroxylation is 1. The van der Waals surface area contributed by atoms with Gasteiger partial charge < -0.3 is 10.1 Å². The van der Waals surface area contributed by atoms with E-state index in [9.17, 15) is 4.79 Å². The van der Waals surface area contributed by atoms with Gasteiger partial charge >= 0.3 is 5.97 Å². The Bertz CT molecular complexity index is 380. The highest BCUT2D eigenvalue weighted by atomic mass is 16.5. The summed E-state index contributed by atoms with van der Waals surface area (Å²) in [5, 5.41) is 3.38. The minimum absolute atomic E-state index is 0.0837. The smallest absolute Gasteiger partial charge is 0.305 e. The second kappa shape index (κ2) is 9.50. The first-order valence-corrected chi connectivity index (χ1v) is 7.01. The Morgan fingerprint density at radius 1 is 1.37 bits per heavy atom. The van der Waals surface area contributed by atoms with E-state index in [0.29, 0.717) is 13.0 Å². The van der Waals surface area contributed by atoms with Crippen LogP contribution in [0.3, 0.4) is 0 Å². The molecular weight excluding hydrogens is 240 g/mol. The van der Waals surface area contributed by atoms with Gasteiger partial charge in [-0.15, -0.1) is 0 Å². The molecule has 1 heterocycles. The maximum absolute atomic E-state index is 11.1. The van der Waals surface area contributed by atoms with Crippen LogP contribution < -0.4 is 5.32 Å². The third kappa shape index (κ3) is 6.91. The van der Waals surface area contributed by atoms with Gasteiger partial charge in [-0.05, 0) is 44.9 Å². The van der Waals surface area contributed by atoms with Crippen molar-refractivity contribution < 1.29 is 9.53 Å². The second-order valence-corrected chi connectivity index (χ2v) is 4.56. The minimum Gasteiger partial charge on any atom is -0.466 e. The van der Waals surface area contributed by atoms with E-state index >= 15 is 0 Å². The molecule has 0 aromatic carbocycles. The molecule has 0 atom stereocenters. The van der Waals surface area contributed by atoms with Crippen LogP contribution in [0.25, 0.3) is 0 Å². The quantitative estimate of drug-likeness (QED) is 0.550. The SMILES string of the molecule is CCOC(=O)CCCCCNCc1ncccc1C. The van der Waals surface area contributed by atoms with Crippen LogP contribution in [-0.2, 0) is 16.1 Å². The maximum atomic E-state index is 11.1. The first-order chi connectivity index (χ1) is 9.24. The lowest BCUT2D eigenvalue weighted by Gasteiger charge is -2.06. The number of nitrogens with zero attached hydrogens (tertiary/aromatic N) is 1. The maximum Gasteiger partial charge on any atom is 0.305 e. The molecule has 0 fully saturated rings. The van der Waals surface area contributed by atoms with Crippen molar-refractivity contribution in [3.8, 4) is 0 Å². The molecule has 0 saturated carbocycles. The highest BCUT2D eigenvalue weighted by Gasteiger charge is 2.01. The topological polar surface area (TPSA) is 51.2 Å². The predicted molar refractivity (Wildman–Crippen MR) is 75.8 cm³/mol. The van der Waals surface area contributed by atoms with E-state index in [1.54, 1.807) is 0 Å². The summed E-state index contributed by atoms with van der Waals surface area (Å²) >= 11 is 0. The number of aromatic nitrogens is 1. The summed E-state index contributed by atoms with van der Waals surface area (Å²) in [4.78, 5) is 15.4. The fourth-order valence-corrected chi connectivity index (χ4v) is 1.84. The Balaban J connectivity index is 2.00. The lowest BCUT2D eigenvalue weighted by molar-refractivity contribution is -0.143. The van der Waals surface area contributed by atoms with E-state index in [1.807, 2.05) is 19.2 Å². The van der Waals surface area contributed by atoms with Crippen LogP contribution in [0, 0.1) is 6.92 Å². The van der Waals surface area contributed by atoms with E-state index in [-0.39, 0.29) is 5.97 Å². The third-order valence-corrected chi connectivity index (χ3v) is 2.95. The molecule has 0 unspecified atom stereocenters. The summed E-state index contributed by atoms with van der Waals surface area (Å²) in [6.07, 6.45) is 5.39. The van der Waals surface area contributed by atoms with Gasteiger partial charge in [-0.1, -0.05) is 12.5 Å². The molecule has 0 spiro atoms. The number of carbonyl (C=O) groups is 1. The number of hydrogen-bond acceptors (Lipinski definition) is 4. The molecule has 4 heteroatoms. The van der Waals surface area contributed by atoms with Gasteiger partial charge in [-0.2, -0.15) is 0 Å². The number of rotatable bonds is 9. The molecule has 0 bridgehead atoms. The van der Waals surface area contributed by atoms with Crippen molar-refractivity contribution >= 4 is 5.97 Å². The second-order valence-electron chi connectivity index (χ2n) is 4.56. The summed E-state index contributed by atoms with van der Waals surface area (Å²) in [6.45, 7) is 6.15. The molecule has 4 nitrogen and oxygen atoms in total. The van der Waals surface area contributed by atoms with Crippen molar-refractivity contribution in [2.24, 2.45) is 0 Å². The molecule has 0 radical (unpaired) electrons. The monoisotopic (exact) mass is 264 g/mol. The van der Waals surface area contributed by atoms with Gasteiger partial charge in [0.2, 0.25) is 0 Å². The molecule has 1 aromatic heterocycles. The van der Waals surface area contributed by atoms with Gasteiger partial charge in [0.15, 0.2) is 0 Å². The summed E-state index contributed by atoms with van der Waals surface area (Å²) < 4.78 is 4.88. The average Bonchev–Trinajstić information content (AvgIpc) is 2.40. The van der Waals surface area contributed by atoms with Crippen molar-refractivity contribution in [1.82, 2.24) is 10.3 Å². The Hall–Kier alpha value is -1.42. The summed E-state index contributed by atoms with van der Waals surface area (Å²) in [5.41, 5.74) is 2.33. The minimum atomic E-state index is -0.0837. The number of carbonyl (C=O) groups excluding carboxylic acids is 1. The van der Waals surface area contributed by atoms with Crippen molar-refractivity contribution in [1.29, 1.82) is 0 Å². The van der Waals surface area contributed by atoms with Gasteiger partial charge in [0.05, 0.1) is 12.3 Å². The van der Waals surface area contributed by atoms with Crippen LogP contribution in [0.1, 0.15) is 43.9 Å². The molecule has 0 aliphatic rings. The van der Waals surface area contributed by atoms with Crippen LogP contribution in [0.5, 0.6) is 0 Å². The van der Waals surface area contributed by atoms with Crippen LogP contribution in [0.2, 0.25) is 0 Å². The fourth-order valence-electron chi connectivity index (χ4n) is 1.84. The third-order valence-electron chi connectivity index (χ3n) is 2.95. The standard InChI is InChI=1S/C15H24N2O2/c1-3-19-15(18)9-5-4-6-10-16-12-14-13(2)8-7-11-17-14/h7-8,11,16H,3-6,9-10,12H2,1-2H3. The van der Waals surface area contributed by atoms with E-state index < -0.39 is 0 Å². The lowest BCUT2D eigenvalue weighted by Crippen LogP contribution is -2.16. The summed E-state index contributed by atoms with van der Waals surface area (Å²) in [5.74, 6) is -0.0837. The number of nitrogens with one attached hydrogen (secondary N) is 1. The van der Waals surface area contributed by atoms with Crippen LogP contribution in [0.15, 0.2) is 18.3 Å². The number of esters is 1. The summed E-state index contributed by atoms with van der Waals surface area (Å²) in [7, 11) is 0. The Labute approximate surface area is 115 Å². The Morgan fingerprint density at radius 2 is 2.21 bits per heavy atom. The van der Waals surface area contributed by atoms with E-state index in [0.717, 1.165) is 38.0 Å². The zero-order chi connectivity index (χ0) is 13.9. The van der Waals surface area contributed by atoms with Gasteiger partial charge in [0, 0.05) is 19.2 Å². The van der Waals surface area contributed by atoms with E-state index in [2.05, 4.69) is 23.3 Å². The van der Waals surface area contributed by atoms with Crippen LogP contribution in [-0.4, -0.2) is 24.1 Å². The van der Waals surface area contributed by atoms with Gasteiger partial charge in [-0.25, -0.2) is 0 Å². The largest absolute Gasteiger partial charge is 0.466 e. The van der Waals surface area contributed by atoms with Crippen molar-refractivity contribution in [3.63, 3.8) is 0 Å². The average molecular weight is 264 g/mol.